The van der Waals surface area contributed by atoms with E-state index in [1.165, 1.54) is 44.9 Å². The molecule has 0 fully saturated rings. The summed E-state index contributed by atoms with van der Waals surface area (Å²) < 4.78 is 0. The summed E-state index contributed by atoms with van der Waals surface area (Å²) in [5, 5.41) is 0. The Bertz CT molecular complexity index is 329. The molecule has 1 nitrogen and oxygen atoms in total. The largest absolute Gasteiger partial charge is 0.299 e. The van der Waals surface area contributed by atoms with E-state index in [2.05, 4.69) is 6.92 Å². The number of benzene rings is 1. The average Bonchev–Trinajstić information content (AvgIpc) is 2.43. The summed E-state index contributed by atoms with van der Waals surface area (Å²) in [7, 11) is 0. The van der Waals surface area contributed by atoms with Gasteiger partial charge in [-0.05, 0) is 12.0 Å². The highest BCUT2D eigenvalue weighted by atomic mass is 16.1. The molecule has 0 heterocycles. The number of ketones is 1. The van der Waals surface area contributed by atoms with Crippen LogP contribution in [0.3, 0.4) is 0 Å². The van der Waals surface area contributed by atoms with E-state index in [0.717, 1.165) is 18.4 Å². The first-order valence-electron chi connectivity index (χ1n) is 7.88. The zero-order valence-electron chi connectivity index (χ0n) is 12.4. The van der Waals surface area contributed by atoms with E-state index in [0.29, 0.717) is 12.2 Å². The monoisotopic (exact) mass is 260 g/mol. The molecule has 0 radical (unpaired) electrons. The smallest absolute Gasteiger partial charge is 0.137 e. The summed E-state index contributed by atoms with van der Waals surface area (Å²) >= 11 is 0. The van der Waals surface area contributed by atoms with Gasteiger partial charge < -0.3 is 0 Å². The predicted octanol–water partition coefficient (Wildman–Crippen LogP) is 5.33. The van der Waals surface area contributed by atoms with E-state index in [1.54, 1.807) is 0 Å². The molecule has 1 heteroatoms. The molecule has 0 amide bonds. The van der Waals surface area contributed by atoms with Gasteiger partial charge in [0, 0.05) is 12.8 Å². The summed E-state index contributed by atoms with van der Waals surface area (Å²) in [6, 6.07) is 10.1. The molecule has 0 atom stereocenters. The summed E-state index contributed by atoms with van der Waals surface area (Å²) in [6.07, 6.45) is 11.7. The lowest BCUT2D eigenvalue weighted by Crippen LogP contribution is -2.02. The van der Waals surface area contributed by atoms with E-state index >= 15 is 0 Å². The minimum Gasteiger partial charge on any atom is -0.299 e. The quantitative estimate of drug-likeness (QED) is 0.491. The van der Waals surface area contributed by atoms with E-state index in [4.69, 9.17) is 0 Å². The number of rotatable bonds is 11. The predicted molar refractivity (Wildman–Crippen MR) is 82.4 cm³/mol. The number of carbonyl (C=O) groups excluding carboxylic acids is 1. The number of hydrogen-bond acceptors (Lipinski definition) is 1. The van der Waals surface area contributed by atoms with Crippen molar-refractivity contribution in [2.24, 2.45) is 0 Å². The van der Waals surface area contributed by atoms with Gasteiger partial charge in [-0.3, -0.25) is 4.79 Å². The van der Waals surface area contributed by atoms with Gasteiger partial charge in [-0.15, -0.1) is 0 Å². The fourth-order valence-corrected chi connectivity index (χ4v) is 2.37. The van der Waals surface area contributed by atoms with Gasteiger partial charge in [-0.2, -0.15) is 0 Å². The van der Waals surface area contributed by atoms with Gasteiger partial charge in [0.1, 0.15) is 5.78 Å². The molecule has 0 unspecified atom stereocenters. The third-order valence-electron chi connectivity index (χ3n) is 3.55. The van der Waals surface area contributed by atoms with E-state index in [1.807, 2.05) is 30.3 Å². The molecule has 19 heavy (non-hydrogen) atoms. The molecule has 0 N–H and O–H groups in total. The molecule has 0 aliphatic carbocycles. The van der Waals surface area contributed by atoms with Crippen LogP contribution in [0.2, 0.25) is 0 Å². The second-order valence-corrected chi connectivity index (χ2v) is 5.43. The number of carbonyl (C=O) groups is 1. The summed E-state index contributed by atoms with van der Waals surface area (Å²) in [5.41, 5.74) is 1.15. The van der Waals surface area contributed by atoms with Crippen LogP contribution in [0.15, 0.2) is 30.3 Å². The Morgan fingerprint density at radius 1 is 0.842 bits per heavy atom. The maximum atomic E-state index is 11.8. The molecular weight excluding hydrogens is 232 g/mol. The van der Waals surface area contributed by atoms with E-state index in [9.17, 15) is 4.79 Å². The lowest BCUT2D eigenvalue weighted by molar-refractivity contribution is -0.118. The van der Waals surface area contributed by atoms with Gasteiger partial charge in [0.2, 0.25) is 0 Å². The molecule has 1 aromatic carbocycles. The van der Waals surface area contributed by atoms with Gasteiger partial charge in [0.05, 0.1) is 0 Å². The molecule has 0 aromatic heterocycles. The molecule has 0 saturated heterocycles. The van der Waals surface area contributed by atoms with Crippen molar-refractivity contribution in [2.75, 3.05) is 0 Å². The van der Waals surface area contributed by atoms with Gasteiger partial charge in [0.15, 0.2) is 0 Å². The van der Waals surface area contributed by atoms with Crippen LogP contribution in [0.5, 0.6) is 0 Å². The van der Waals surface area contributed by atoms with Crippen LogP contribution < -0.4 is 0 Å². The van der Waals surface area contributed by atoms with Gasteiger partial charge >= 0.3 is 0 Å². The van der Waals surface area contributed by atoms with Crippen LogP contribution in [-0.4, -0.2) is 5.78 Å². The molecule has 0 saturated carbocycles. The molecular formula is C18H28O. The van der Waals surface area contributed by atoms with Crippen LogP contribution >= 0.6 is 0 Å². The lowest BCUT2D eigenvalue weighted by Gasteiger charge is -2.02. The fourth-order valence-electron chi connectivity index (χ4n) is 2.37. The topological polar surface area (TPSA) is 17.1 Å². The normalized spacial score (nSPS) is 10.6. The van der Waals surface area contributed by atoms with Crippen LogP contribution in [0.1, 0.15) is 70.3 Å². The second kappa shape index (κ2) is 10.8. The Balaban J connectivity index is 1.96. The Morgan fingerprint density at radius 3 is 2.05 bits per heavy atom. The van der Waals surface area contributed by atoms with E-state index < -0.39 is 0 Å². The van der Waals surface area contributed by atoms with Crippen molar-refractivity contribution < 1.29 is 4.79 Å². The number of Topliss-reactive ketones (excluding diaryl/α,β-unsaturated/α-hetero) is 1. The SMILES string of the molecule is CCCCCCCCCCC(=O)Cc1ccccc1. The first kappa shape index (κ1) is 15.9. The maximum absolute atomic E-state index is 11.8. The van der Waals surface area contributed by atoms with Crippen LogP contribution in [-0.2, 0) is 11.2 Å². The standard InChI is InChI=1S/C18H28O/c1-2-3-4-5-6-7-8-12-15-18(19)16-17-13-10-9-11-14-17/h9-11,13-14H,2-8,12,15-16H2,1H3. The molecule has 106 valence electrons. The Kier molecular flexibility index (Phi) is 9.05. The van der Waals surface area contributed by atoms with Crippen molar-refractivity contribution >= 4 is 5.78 Å². The maximum Gasteiger partial charge on any atom is 0.137 e. The van der Waals surface area contributed by atoms with E-state index in [-0.39, 0.29) is 0 Å². The van der Waals surface area contributed by atoms with Gasteiger partial charge in [-0.25, -0.2) is 0 Å². The van der Waals surface area contributed by atoms with Gasteiger partial charge in [-0.1, -0.05) is 82.2 Å². The molecule has 0 spiro atoms. The summed E-state index contributed by atoms with van der Waals surface area (Å²) in [6.45, 7) is 2.25. The Morgan fingerprint density at radius 2 is 1.42 bits per heavy atom. The first-order valence-corrected chi connectivity index (χ1v) is 7.88. The fraction of sp³-hybridized carbons (Fsp3) is 0.611. The van der Waals surface area contributed by atoms with Crippen molar-refractivity contribution in [3.63, 3.8) is 0 Å². The highest BCUT2D eigenvalue weighted by molar-refractivity contribution is 5.80. The third kappa shape index (κ3) is 8.58. The molecule has 0 aliphatic rings. The summed E-state index contributed by atoms with van der Waals surface area (Å²) in [5.74, 6) is 0.386. The number of hydrogen-bond donors (Lipinski definition) is 0. The second-order valence-electron chi connectivity index (χ2n) is 5.43. The van der Waals surface area contributed by atoms with Crippen LogP contribution in [0, 0.1) is 0 Å². The van der Waals surface area contributed by atoms with Crippen molar-refractivity contribution in [1.29, 1.82) is 0 Å². The van der Waals surface area contributed by atoms with Gasteiger partial charge in [0.25, 0.3) is 0 Å². The minimum atomic E-state index is 0.386. The third-order valence-corrected chi connectivity index (χ3v) is 3.55. The zero-order valence-corrected chi connectivity index (χ0v) is 12.4. The molecule has 0 aliphatic heterocycles. The van der Waals surface area contributed by atoms with Crippen molar-refractivity contribution in [2.45, 2.75) is 71.1 Å². The first-order chi connectivity index (χ1) is 9.33. The Hall–Kier alpha value is -1.11. The average molecular weight is 260 g/mol. The molecule has 1 aromatic rings. The van der Waals surface area contributed by atoms with Crippen LogP contribution in [0.25, 0.3) is 0 Å². The molecule has 1 rings (SSSR count). The number of unbranched alkanes of at least 4 members (excludes halogenated alkanes) is 7. The van der Waals surface area contributed by atoms with Crippen LogP contribution in [0.4, 0.5) is 0 Å². The highest BCUT2D eigenvalue weighted by Gasteiger charge is 2.03. The summed E-state index contributed by atoms with van der Waals surface area (Å²) in [4.78, 5) is 11.8. The van der Waals surface area contributed by atoms with Crippen molar-refractivity contribution in [1.82, 2.24) is 0 Å². The Labute approximate surface area is 118 Å². The molecule has 0 bridgehead atoms. The highest BCUT2D eigenvalue weighted by Crippen LogP contribution is 2.10. The zero-order chi connectivity index (χ0) is 13.8. The minimum absolute atomic E-state index is 0.386. The lowest BCUT2D eigenvalue weighted by atomic mass is 10.0. The van der Waals surface area contributed by atoms with Crippen molar-refractivity contribution in [3.8, 4) is 0 Å². The van der Waals surface area contributed by atoms with Crippen molar-refractivity contribution in [3.05, 3.63) is 35.9 Å².